The first-order valence-corrected chi connectivity index (χ1v) is 13.8. The first-order valence-electron chi connectivity index (χ1n) is 13.8. The van der Waals surface area contributed by atoms with Crippen LogP contribution in [0.15, 0.2) is 79.5 Å². The maximum Gasteiger partial charge on any atom is 0.490 e. The molecule has 0 amide bonds. The van der Waals surface area contributed by atoms with Crippen molar-refractivity contribution in [2.75, 3.05) is 26.7 Å². The van der Waals surface area contributed by atoms with Crippen LogP contribution in [0.4, 0.5) is 39.5 Å². The third kappa shape index (κ3) is 13.0. The first-order chi connectivity index (χ1) is 23.1. The lowest BCUT2D eigenvalue weighted by molar-refractivity contribution is -0.193. The van der Waals surface area contributed by atoms with Gasteiger partial charge in [0.2, 0.25) is 0 Å². The number of hydrogen-bond acceptors (Lipinski definition) is 7. The fraction of sp³-hybridized carbons (Fsp3) is 0.300. The van der Waals surface area contributed by atoms with Crippen molar-refractivity contribution in [3.05, 3.63) is 90.8 Å². The van der Waals surface area contributed by atoms with Gasteiger partial charge in [-0.1, -0.05) is 42.5 Å². The maximum absolute atomic E-state index is 10.6. The van der Waals surface area contributed by atoms with Gasteiger partial charge in [-0.2, -0.15) is 39.5 Å². The van der Waals surface area contributed by atoms with E-state index in [1.807, 2.05) is 30.9 Å². The van der Waals surface area contributed by atoms with Crippen LogP contribution in [0, 0.1) is 0 Å². The summed E-state index contributed by atoms with van der Waals surface area (Å²) >= 11 is 0. The second-order valence-corrected chi connectivity index (χ2v) is 10.2. The third-order valence-corrected chi connectivity index (χ3v) is 6.57. The van der Waals surface area contributed by atoms with Crippen LogP contribution in [0.2, 0.25) is 0 Å². The van der Waals surface area contributed by atoms with E-state index in [-0.39, 0.29) is 6.04 Å². The normalized spacial score (nSPS) is 15.4. The molecule has 4 heterocycles. The fourth-order valence-corrected chi connectivity index (χ4v) is 4.20. The lowest BCUT2D eigenvalue weighted by atomic mass is 10.1. The Morgan fingerprint density at radius 1 is 0.760 bits per heavy atom. The van der Waals surface area contributed by atoms with Crippen LogP contribution < -0.4 is 0 Å². The van der Waals surface area contributed by atoms with E-state index in [1.165, 1.54) is 22.2 Å². The summed E-state index contributed by atoms with van der Waals surface area (Å²) in [6, 6.07) is 19.3. The molecule has 5 rings (SSSR count). The number of aromatic nitrogens is 3. The molecule has 0 spiro atoms. The molecule has 272 valence electrons. The number of carboxylic acids is 3. The maximum atomic E-state index is 10.6. The number of benzene rings is 1. The average molecular weight is 726 g/mol. The smallest absolute Gasteiger partial charge is 0.475 e. The molecule has 1 atom stereocenters. The van der Waals surface area contributed by atoms with E-state index in [0.29, 0.717) is 0 Å². The Balaban J connectivity index is 0.000000338. The molecule has 3 N–H and O–H groups in total. The number of pyridine rings is 2. The number of rotatable bonds is 4. The van der Waals surface area contributed by atoms with Crippen LogP contribution in [0.3, 0.4) is 0 Å². The Labute approximate surface area is 276 Å². The zero-order chi connectivity index (χ0) is 37.9. The van der Waals surface area contributed by atoms with E-state index >= 15 is 0 Å². The van der Waals surface area contributed by atoms with Gasteiger partial charge in [0.1, 0.15) is 0 Å². The molecule has 0 radical (unpaired) electrons. The molecular weight excluding hydrogens is 697 g/mol. The number of imidazole rings is 1. The summed E-state index contributed by atoms with van der Waals surface area (Å²) < 4.78 is 97.4. The third-order valence-electron chi connectivity index (χ3n) is 6.57. The SMILES string of the molecule is CN1CCN(Cc2cccnc2)CC1c1ncn2cc(-c3ccccc3)ccc12.O=C(O)C(F)(F)F.O=C(O)C(F)(F)F.O=C(O)C(F)(F)F. The molecule has 1 unspecified atom stereocenters. The highest BCUT2D eigenvalue weighted by Gasteiger charge is 2.39. The second kappa shape index (κ2) is 17.4. The van der Waals surface area contributed by atoms with Gasteiger partial charge in [0.25, 0.3) is 0 Å². The Morgan fingerprint density at radius 2 is 1.30 bits per heavy atom. The molecule has 1 aliphatic rings. The van der Waals surface area contributed by atoms with Crippen LogP contribution in [0.25, 0.3) is 16.6 Å². The molecule has 4 aromatic rings. The Kier molecular flexibility index (Phi) is 14.3. The van der Waals surface area contributed by atoms with Gasteiger partial charge in [0.05, 0.1) is 23.6 Å². The van der Waals surface area contributed by atoms with E-state index in [2.05, 4.69) is 74.9 Å². The van der Waals surface area contributed by atoms with Gasteiger partial charge in [-0.25, -0.2) is 19.4 Å². The number of carboxylic acid groups (broad SMARTS) is 3. The van der Waals surface area contributed by atoms with Crippen LogP contribution in [-0.4, -0.2) is 103 Å². The van der Waals surface area contributed by atoms with Crippen LogP contribution >= 0.6 is 0 Å². The van der Waals surface area contributed by atoms with Crippen molar-refractivity contribution in [1.82, 2.24) is 24.2 Å². The first kappa shape index (κ1) is 40.9. The van der Waals surface area contributed by atoms with E-state index < -0.39 is 36.4 Å². The number of likely N-dealkylation sites (N-methyl/N-ethyl adjacent to an activating group) is 1. The summed E-state index contributed by atoms with van der Waals surface area (Å²) in [5.41, 5.74) is 6.03. The van der Waals surface area contributed by atoms with Crippen LogP contribution in [0.5, 0.6) is 0 Å². The number of halogens is 9. The van der Waals surface area contributed by atoms with Gasteiger partial charge in [-0.05, 0) is 35.9 Å². The summed E-state index contributed by atoms with van der Waals surface area (Å²) in [6.45, 7) is 4.00. The van der Waals surface area contributed by atoms with Gasteiger partial charge in [0, 0.05) is 44.8 Å². The lowest BCUT2D eigenvalue weighted by Crippen LogP contribution is -2.46. The number of carbonyl (C=O) groups is 3. The minimum Gasteiger partial charge on any atom is -0.475 e. The number of nitrogens with zero attached hydrogens (tertiary/aromatic N) is 5. The van der Waals surface area contributed by atoms with Crippen molar-refractivity contribution >= 4 is 23.4 Å². The molecule has 50 heavy (non-hydrogen) atoms. The van der Waals surface area contributed by atoms with E-state index in [1.54, 1.807) is 0 Å². The highest BCUT2D eigenvalue weighted by Crippen LogP contribution is 2.29. The van der Waals surface area contributed by atoms with Gasteiger partial charge >= 0.3 is 36.4 Å². The monoisotopic (exact) mass is 725 g/mol. The number of hydrogen-bond donors (Lipinski definition) is 3. The van der Waals surface area contributed by atoms with Crippen molar-refractivity contribution in [1.29, 1.82) is 0 Å². The molecule has 20 heteroatoms. The molecule has 11 nitrogen and oxygen atoms in total. The van der Waals surface area contributed by atoms with E-state index in [9.17, 15) is 39.5 Å². The van der Waals surface area contributed by atoms with Crippen molar-refractivity contribution in [3.8, 4) is 11.1 Å². The van der Waals surface area contributed by atoms with Crippen LogP contribution in [-0.2, 0) is 20.9 Å². The molecular formula is C30H28F9N5O6. The highest BCUT2D eigenvalue weighted by molar-refractivity contribution is 5.73. The summed E-state index contributed by atoms with van der Waals surface area (Å²) in [4.78, 5) is 40.7. The topological polar surface area (TPSA) is 149 Å². The summed E-state index contributed by atoms with van der Waals surface area (Å²) in [5.74, 6) is -8.27. The number of alkyl halides is 9. The average Bonchev–Trinajstić information content (AvgIpc) is 3.46. The molecule has 3 aromatic heterocycles. The molecule has 1 aromatic carbocycles. The zero-order valence-corrected chi connectivity index (χ0v) is 25.6. The fourth-order valence-electron chi connectivity index (χ4n) is 4.20. The lowest BCUT2D eigenvalue weighted by Gasteiger charge is -2.38. The number of aliphatic carboxylic acids is 3. The minimum absolute atomic E-state index is 0.285. The van der Waals surface area contributed by atoms with Gasteiger partial charge in [-0.15, -0.1) is 0 Å². The quantitative estimate of drug-likeness (QED) is 0.221. The van der Waals surface area contributed by atoms with Crippen molar-refractivity contribution < 1.29 is 69.2 Å². The number of fused-ring (bicyclic) bond motifs is 1. The van der Waals surface area contributed by atoms with Crippen LogP contribution in [0.1, 0.15) is 17.3 Å². The second-order valence-electron chi connectivity index (χ2n) is 10.2. The highest BCUT2D eigenvalue weighted by atomic mass is 19.4. The van der Waals surface area contributed by atoms with Crippen molar-refractivity contribution in [3.63, 3.8) is 0 Å². The largest absolute Gasteiger partial charge is 0.490 e. The van der Waals surface area contributed by atoms with Crippen molar-refractivity contribution in [2.24, 2.45) is 0 Å². The Hall–Kier alpha value is -5.24. The number of piperazine rings is 1. The molecule has 0 bridgehead atoms. The molecule has 1 aliphatic heterocycles. The predicted octanol–water partition coefficient (Wildman–Crippen LogP) is 5.78. The van der Waals surface area contributed by atoms with E-state index in [4.69, 9.17) is 34.7 Å². The predicted molar refractivity (Wildman–Crippen MR) is 157 cm³/mol. The Bertz CT molecular complexity index is 1640. The molecule has 0 aliphatic carbocycles. The minimum atomic E-state index is -5.08. The molecule has 1 saturated heterocycles. The molecule has 1 fully saturated rings. The zero-order valence-electron chi connectivity index (χ0n) is 25.6. The van der Waals surface area contributed by atoms with Gasteiger partial charge in [0.15, 0.2) is 0 Å². The van der Waals surface area contributed by atoms with Gasteiger partial charge < -0.3 is 19.7 Å². The summed E-state index contributed by atoms with van der Waals surface area (Å²) in [5, 5.41) is 21.4. The van der Waals surface area contributed by atoms with Crippen molar-refractivity contribution in [2.45, 2.75) is 31.1 Å². The summed E-state index contributed by atoms with van der Waals surface area (Å²) in [7, 11) is 2.20. The van der Waals surface area contributed by atoms with Gasteiger partial charge in [-0.3, -0.25) is 14.8 Å². The van der Waals surface area contributed by atoms with E-state index in [0.717, 1.165) is 31.9 Å². The summed E-state index contributed by atoms with van der Waals surface area (Å²) in [6.07, 6.45) is -7.33. The Morgan fingerprint density at radius 3 is 1.78 bits per heavy atom. The molecule has 0 saturated carbocycles. The standard InChI is InChI=1S/C24H25N5.3C2HF3O2/c1-27-12-13-28(15-19-6-5-11-25-14-19)17-23(27)24-22-10-9-21(16-29(22)18-26-24)20-7-3-2-4-8-20;3*3-2(4,5)1(6)7/h2-11,14,16,18,23H,12-13,15,17H2,1H3;3*(H,6,7).